The van der Waals surface area contributed by atoms with Gasteiger partial charge in [0.1, 0.15) is 0 Å². The van der Waals surface area contributed by atoms with E-state index in [-0.39, 0.29) is 34.6 Å². The van der Waals surface area contributed by atoms with Crippen molar-refractivity contribution in [3.8, 4) is 0 Å². The van der Waals surface area contributed by atoms with Gasteiger partial charge in [-0.25, -0.2) is 0 Å². The summed E-state index contributed by atoms with van der Waals surface area (Å²) in [6.07, 6.45) is 0. The highest BCUT2D eigenvalue weighted by Gasteiger charge is 2.27. The number of nitrogens with two attached hydrogens (primary N) is 1. The Morgan fingerprint density at radius 1 is 1.44 bits per heavy atom. The van der Waals surface area contributed by atoms with Gasteiger partial charge in [-0.15, -0.1) is 0 Å². The van der Waals surface area contributed by atoms with Crippen molar-refractivity contribution in [3.05, 3.63) is 28.8 Å². The summed E-state index contributed by atoms with van der Waals surface area (Å²) in [5.74, 6) is -0.725. The minimum absolute atomic E-state index is 0.0784. The number of carbonyl (C=O) groups is 1. The van der Waals surface area contributed by atoms with Gasteiger partial charge < -0.3 is 11.1 Å². The van der Waals surface area contributed by atoms with Crippen molar-refractivity contribution >= 4 is 35.0 Å². The second kappa shape index (κ2) is 6.19. The molecule has 1 aromatic rings. The molecule has 1 rings (SSSR count). The molecule has 0 unspecified atom stereocenters. The first-order valence-electron chi connectivity index (χ1n) is 4.83. The Kier molecular flexibility index (Phi) is 5.15. The number of hydrogen-bond acceptors (Lipinski definition) is 3. The summed E-state index contributed by atoms with van der Waals surface area (Å²) in [6, 6.07) is 4.28. The lowest BCUT2D eigenvalue weighted by Gasteiger charge is -2.07. The summed E-state index contributed by atoms with van der Waals surface area (Å²) in [5.41, 5.74) is 1.77. The van der Waals surface area contributed by atoms with Crippen LogP contribution in [0.25, 0.3) is 0 Å². The van der Waals surface area contributed by atoms with E-state index in [0.29, 0.717) is 5.69 Å². The molecule has 3 nitrogen and oxygen atoms in total. The highest BCUT2D eigenvalue weighted by Crippen LogP contribution is 2.29. The summed E-state index contributed by atoms with van der Waals surface area (Å²) >= 11 is 5.54. The molecule has 1 aromatic carbocycles. The average molecular weight is 299 g/mol. The van der Waals surface area contributed by atoms with E-state index in [1.165, 1.54) is 18.2 Å². The second-order valence-corrected chi connectivity index (χ2v) is 4.85. The van der Waals surface area contributed by atoms with E-state index in [0.717, 1.165) is 0 Å². The largest absolute Gasteiger partial charge is 0.441 e. The Hall–Kier alpha value is -1.08. The molecule has 0 saturated heterocycles. The number of anilines is 1. The Bertz CT molecular complexity index is 440. The van der Waals surface area contributed by atoms with Crippen molar-refractivity contribution in [2.45, 2.75) is 5.51 Å². The summed E-state index contributed by atoms with van der Waals surface area (Å²) < 4.78 is 35.5. The maximum Gasteiger partial charge on any atom is 0.441 e. The van der Waals surface area contributed by atoms with Gasteiger partial charge in [0, 0.05) is 17.9 Å². The number of alkyl halides is 3. The molecule has 0 aliphatic rings. The molecule has 0 aliphatic heterocycles. The van der Waals surface area contributed by atoms with Crippen molar-refractivity contribution < 1.29 is 18.0 Å². The van der Waals surface area contributed by atoms with Crippen molar-refractivity contribution in [2.75, 3.05) is 18.0 Å². The van der Waals surface area contributed by atoms with Gasteiger partial charge in [-0.2, -0.15) is 13.2 Å². The van der Waals surface area contributed by atoms with Crippen LogP contribution < -0.4 is 11.1 Å². The number of rotatable bonds is 4. The fourth-order valence-corrected chi connectivity index (χ4v) is 1.72. The van der Waals surface area contributed by atoms with Crippen molar-refractivity contribution in [2.24, 2.45) is 0 Å². The first kappa shape index (κ1) is 15.0. The van der Waals surface area contributed by atoms with Gasteiger partial charge in [0.2, 0.25) is 0 Å². The summed E-state index contributed by atoms with van der Waals surface area (Å²) in [6.45, 7) is -0.0784. The van der Waals surface area contributed by atoms with Crippen LogP contribution in [0.5, 0.6) is 0 Å². The fraction of sp³-hybridized carbons (Fsp3) is 0.300. The Morgan fingerprint density at radius 3 is 2.67 bits per heavy atom. The van der Waals surface area contributed by atoms with Gasteiger partial charge in [0.05, 0.1) is 10.7 Å². The van der Waals surface area contributed by atoms with Crippen LogP contribution in [0.15, 0.2) is 18.2 Å². The van der Waals surface area contributed by atoms with Crippen molar-refractivity contribution in [1.29, 1.82) is 0 Å². The Balaban J connectivity index is 2.43. The molecular weight excluding hydrogens is 289 g/mol. The third kappa shape index (κ3) is 5.05. The van der Waals surface area contributed by atoms with Crippen LogP contribution in [0.2, 0.25) is 5.02 Å². The average Bonchev–Trinajstić information content (AvgIpc) is 2.26. The highest BCUT2D eigenvalue weighted by atomic mass is 35.5. The lowest BCUT2D eigenvalue weighted by molar-refractivity contribution is -0.0327. The van der Waals surface area contributed by atoms with Crippen molar-refractivity contribution in [1.82, 2.24) is 5.32 Å². The number of nitrogens with one attached hydrogen (secondary N) is 1. The molecule has 0 aliphatic carbocycles. The smallest absolute Gasteiger partial charge is 0.398 e. The Labute approximate surface area is 111 Å². The van der Waals surface area contributed by atoms with Gasteiger partial charge in [0.25, 0.3) is 5.91 Å². The van der Waals surface area contributed by atoms with Gasteiger partial charge in [-0.1, -0.05) is 11.6 Å². The molecular formula is C10H10ClF3N2OS. The van der Waals surface area contributed by atoms with Crippen LogP contribution >= 0.6 is 23.4 Å². The number of carbonyl (C=O) groups excluding carboxylic acids is 1. The van der Waals surface area contributed by atoms with Gasteiger partial charge in [0.15, 0.2) is 0 Å². The van der Waals surface area contributed by atoms with Crippen LogP contribution in [-0.2, 0) is 0 Å². The molecule has 0 spiro atoms. The highest BCUT2D eigenvalue weighted by molar-refractivity contribution is 8.00. The van der Waals surface area contributed by atoms with E-state index in [1.54, 1.807) is 0 Å². The zero-order valence-corrected chi connectivity index (χ0v) is 10.6. The first-order valence-corrected chi connectivity index (χ1v) is 6.20. The lowest BCUT2D eigenvalue weighted by atomic mass is 10.2. The number of amides is 1. The van der Waals surface area contributed by atoms with Crippen LogP contribution in [0.4, 0.5) is 18.9 Å². The quantitative estimate of drug-likeness (QED) is 0.664. The third-order valence-electron chi connectivity index (χ3n) is 1.92. The van der Waals surface area contributed by atoms with E-state index < -0.39 is 11.4 Å². The van der Waals surface area contributed by atoms with Crippen molar-refractivity contribution in [3.63, 3.8) is 0 Å². The minimum atomic E-state index is -4.28. The van der Waals surface area contributed by atoms with Gasteiger partial charge >= 0.3 is 5.51 Å². The number of thioether (sulfide) groups is 1. The predicted molar refractivity (Wildman–Crippen MR) is 66.7 cm³/mol. The molecule has 18 heavy (non-hydrogen) atoms. The predicted octanol–water partition coefficient (Wildman–Crippen LogP) is 2.91. The number of halogens is 4. The normalized spacial score (nSPS) is 11.3. The van der Waals surface area contributed by atoms with E-state index in [4.69, 9.17) is 17.3 Å². The number of benzene rings is 1. The van der Waals surface area contributed by atoms with E-state index >= 15 is 0 Å². The monoisotopic (exact) mass is 298 g/mol. The summed E-state index contributed by atoms with van der Waals surface area (Å²) in [7, 11) is 0. The van der Waals surface area contributed by atoms with Gasteiger partial charge in [-0.3, -0.25) is 4.79 Å². The van der Waals surface area contributed by atoms with Crippen LogP contribution in [0, 0.1) is 0 Å². The molecule has 0 atom stereocenters. The molecule has 100 valence electrons. The third-order valence-corrected chi connectivity index (χ3v) is 2.98. The molecule has 0 fully saturated rings. The van der Waals surface area contributed by atoms with E-state index in [9.17, 15) is 18.0 Å². The molecule has 0 radical (unpaired) electrons. The second-order valence-electron chi connectivity index (χ2n) is 3.29. The van der Waals surface area contributed by atoms with Gasteiger partial charge in [-0.05, 0) is 30.0 Å². The van der Waals surface area contributed by atoms with E-state index in [1.807, 2.05) is 0 Å². The number of hydrogen-bond donors (Lipinski definition) is 2. The maximum absolute atomic E-state index is 11.8. The molecule has 3 N–H and O–H groups in total. The molecule has 0 heterocycles. The van der Waals surface area contributed by atoms with E-state index in [2.05, 4.69) is 5.32 Å². The van der Waals surface area contributed by atoms with Crippen LogP contribution in [0.3, 0.4) is 0 Å². The summed E-state index contributed by atoms with van der Waals surface area (Å²) in [4.78, 5) is 11.5. The van der Waals surface area contributed by atoms with Crippen LogP contribution in [-0.4, -0.2) is 23.7 Å². The topological polar surface area (TPSA) is 55.1 Å². The maximum atomic E-state index is 11.8. The van der Waals surface area contributed by atoms with Crippen LogP contribution in [0.1, 0.15) is 10.4 Å². The molecule has 0 bridgehead atoms. The first-order chi connectivity index (χ1) is 8.29. The lowest BCUT2D eigenvalue weighted by Crippen LogP contribution is -2.26. The zero-order chi connectivity index (χ0) is 13.8. The molecule has 0 saturated carbocycles. The standard InChI is InChI=1S/C10H10ClF3N2OS/c11-7-5-6(1-2-8(7)15)9(17)16-3-4-18-10(12,13)14/h1-2,5H,3-4,15H2,(H,16,17). The Morgan fingerprint density at radius 2 is 2.11 bits per heavy atom. The SMILES string of the molecule is Nc1ccc(C(=O)NCCSC(F)(F)F)cc1Cl. The minimum Gasteiger partial charge on any atom is -0.398 e. The number of nitrogen functional groups attached to an aromatic ring is 1. The molecule has 1 amide bonds. The summed E-state index contributed by atoms with van der Waals surface area (Å²) in [5, 5.41) is 2.59. The molecule has 8 heteroatoms. The zero-order valence-electron chi connectivity index (χ0n) is 9.05. The fourth-order valence-electron chi connectivity index (χ4n) is 1.10. The molecule has 0 aromatic heterocycles.